The number of benzene rings is 1. The Morgan fingerprint density at radius 1 is 1.44 bits per heavy atom. The molecule has 0 amide bonds. The highest BCUT2D eigenvalue weighted by Crippen LogP contribution is 2.29. The summed E-state index contributed by atoms with van der Waals surface area (Å²) in [6, 6.07) is 4.84. The van der Waals surface area contributed by atoms with Crippen LogP contribution in [0, 0.1) is 11.7 Å². The van der Waals surface area contributed by atoms with Gasteiger partial charge < -0.3 is 9.84 Å². The fourth-order valence-corrected chi connectivity index (χ4v) is 1.62. The second-order valence-electron chi connectivity index (χ2n) is 4.13. The van der Waals surface area contributed by atoms with Crippen molar-refractivity contribution in [1.82, 2.24) is 0 Å². The first-order valence-corrected chi connectivity index (χ1v) is 5.60. The molecular weight excluding hydrogens is 207 g/mol. The molecule has 90 valence electrons. The van der Waals surface area contributed by atoms with Crippen molar-refractivity contribution in [2.45, 2.75) is 32.8 Å². The molecule has 0 radical (unpaired) electrons. The second-order valence-corrected chi connectivity index (χ2v) is 4.13. The largest absolute Gasteiger partial charge is 0.494 e. The van der Waals surface area contributed by atoms with Crippen LogP contribution >= 0.6 is 0 Å². The van der Waals surface area contributed by atoms with Gasteiger partial charge in [0.1, 0.15) is 0 Å². The van der Waals surface area contributed by atoms with Gasteiger partial charge in [-0.3, -0.25) is 0 Å². The quantitative estimate of drug-likeness (QED) is 0.834. The van der Waals surface area contributed by atoms with E-state index in [1.54, 1.807) is 18.2 Å². The highest BCUT2D eigenvalue weighted by atomic mass is 19.1. The lowest BCUT2D eigenvalue weighted by Gasteiger charge is -2.16. The van der Waals surface area contributed by atoms with Gasteiger partial charge in [-0.1, -0.05) is 32.4 Å². The number of ether oxygens (including phenoxy) is 1. The topological polar surface area (TPSA) is 29.5 Å². The van der Waals surface area contributed by atoms with Gasteiger partial charge in [-0.05, 0) is 18.4 Å². The summed E-state index contributed by atoms with van der Waals surface area (Å²) in [5.74, 6) is 0.0992. The average molecular weight is 226 g/mol. The Morgan fingerprint density at radius 2 is 2.12 bits per heavy atom. The van der Waals surface area contributed by atoms with Crippen LogP contribution in [0.4, 0.5) is 4.39 Å². The smallest absolute Gasteiger partial charge is 0.170 e. The normalized spacial score (nSPS) is 14.6. The predicted octanol–water partition coefficient (Wildman–Crippen LogP) is 3.30. The SMILES string of the molecule is CCC(C)CC(O)c1cccc(OC)c1F. The zero-order valence-electron chi connectivity index (χ0n) is 10.0. The molecule has 16 heavy (non-hydrogen) atoms. The standard InChI is InChI=1S/C13H19FO2/c1-4-9(2)8-11(15)10-6-5-7-12(16-3)13(10)14/h5-7,9,11,15H,4,8H2,1-3H3. The molecule has 0 aliphatic heterocycles. The van der Waals surface area contributed by atoms with Gasteiger partial charge in [-0.2, -0.15) is 0 Å². The summed E-state index contributed by atoms with van der Waals surface area (Å²) < 4.78 is 18.7. The molecule has 1 aromatic rings. The molecule has 0 aliphatic carbocycles. The van der Waals surface area contributed by atoms with E-state index in [9.17, 15) is 9.50 Å². The van der Waals surface area contributed by atoms with E-state index in [1.807, 2.05) is 6.92 Å². The average Bonchev–Trinajstić information content (AvgIpc) is 2.29. The van der Waals surface area contributed by atoms with Gasteiger partial charge in [0.2, 0.25) is 0 Å². The maximum absolute atomic E-state index is 13.8. The van der Waals surface area contributed by atoms with E-state index < -0.39 is 11.9 Å². The number of hydrogen-bond donors (Lipinski definition) is 1. The van der Waals surface area contributed by atoms with Crippen molar-refractivity contribution >= 4 is 0 Å². The Labute approximate surface area is 96.1 Å². The fourth-order valence-electron chi connectivity index (χ4n) is 1.62. The molecule has 0 aromatic heterocycles. The minimum atomic E-state index is -0.759. The van der Waals surface area contributed by atoms with E-state index in [0.717, 1.165) is 6.42 Å². The van der Waals surface area contributed by atoms with Crippen LogP contribution in [-0.2, 0) is 0 Å². The lowest BCUT2D eigenvalue weighted by Crippen LogP contribution is -2.06. The van der Waals surface area contributed by atoms with Crippen LogP contribution in [0.3, 0.4) is 0 Å². The zero-order chi connectivity index (χ0) is 12.1. The molecule has 1 N–H and O–H groups in total. The van der Waals surface area contributed by atoms with Crippen LogP contribution in [0.25, 0.3) is 0 Å². The molecular formula is C13H19FO2. The second kappa shape index (κ2) is 5.85. The summed E-state index contributed by atoms with van der Waals surface area (Å²) in [5, 5.41) is 9.93. The molecule has 0 saturated carbocycles. The van der Waals surface area contributed by atoms with Gasteiger partial charge in [0.05, 0.1) is 13.2 Å². The molecule has 0 fully saturated rings. The monoisotopic (exact) mass is 226 g/mol. The number of halogens is 1. The first kappa shape index (κ1) is 13.0. The third kappa shape index (κ3) is 2.95. The molecule has 2 unspecified atom stereocenters. The van der Waals surface area contributed by atoms with Gasteiger partial charge in [-0.15, -0.1) is 0 Å². The van der Waals surface area contributed by atoms with E-state index in [-0.39, 0.29) is 5.75 Å². The van der Waals surface area contributed by atoms with Crippen molar-refractivity contribution in [2.24, 2.45) is 5.92 Å². The fraction of sp³-hybridized carbons (Fsp3) is 0.538. The molecule has 1 rings (SSSR count). The molecule has 2 atom stereocenters. The van der Waals surface area contributed by atoms with E-state index in [1.165, 1.54) is 7.11 Å². The van der Waals surface area contributed by atoms with E-state index in [2.05, 4.69) is 6.92 Å². The highest BCUT2D eigenvalue weighted by Gasteiger charge is 2.17. The van der Waals surface area contributed by atoms with Crippen LogP contribution in [0.2, 0.25) is 0 Å². The van der Waals surface area contributed by atoms with Crippen molar-refractivity contribution in [3.63, 3.8) is 0 Å². The maximum atomic E-state index is 13.8. The molecule has 0 spiro atoms. The van der Waals surface area contributed by atoms with Crippen LogP contribution in [0.15, 0.2) is 18.2 Å². The number of hydrogen-bond acceptors (Lipinski definition) is 2. The number of rotatable bonds is 5. The van der Waals surface area contributed by atoms with Gasteiger partial charge in [-0.25, -0.2) is 4.39 Å². The molecule has 0 heterocycles. The molecule has 0 aliphatic rings. The number of aliphatic hydroxyl groups is 1. The first-order chi connectivity index (χ1) is 7.60. The highest BCUT2D eigenvalue weighted by molar-refractivity contribution is 5.32. The van der Waals surface area contributed by atoms with Gasteiger partial charge in [0.25, 0.3) is 0 Å². The molecule has 2 nitrogen and oxygen atoms in total. The van der Waals surface area contributed by atoms with Crippen molar-refractivity contribution in [3.8, 4) is 5.75 Å². The lowest BCUT2D eigenvalue weighted by atomic mass is 9.96. The third-order valence-corrected chi connectivity index (χ3v) is 2.89. The minimum Gasteiger partial charge on any atom is -0.494 e. The van der Waals surface area contributed by atoms with Gasteiger partial charge in [0, 0.05) is 5.56 Å². The van der Waals surface area contributed by atoms with E-state index in [0.29, 0.717) is 17.9 Å². The summed E-state index contributed by atoms with van der Waals surface area (Å²) in [5.41, 5.74) is 0.319. The van der Waals surface area contributed by atoms with Crippen molar-refractivity contribution < 1.29 is 14.2 Å². The van der Waals surface area contributed by atoms with Crippen LogP contribution in [-0.4, -0.2) is 12.2 Å². The van der Waals surface area contributed by atoms with Crippen LogP contribution in [0.1, 0.15) is 38.4 Å². The van der Waals surface area contributed by atoms with Crippen LogP contribution < -0.4 is 4.74 Å². The summed E-state index contributed by atoms with van der Waals surface area (Å²) in [7, 11) is 1.42. The first-order valence-electron chi connectivity index (χ1n) is 5.60. The Kier molecular flexibility index (Phi) is 4.74. The zero-order valence-corrected chi connectivity index (χ0v) is 10.0. The van der Waals surface area contributed by atoms with Crippen molar-refractivity contribution in [1.29, 1.82) is 0 Å². The maximum Gasteiger partial charge on any atom is 0.170 e. The summed E-state index contributed by atoms with van der Waals surface area (Å²) in [4.78, 5) is 0. The van der Waals surface area contributed by atoms with Crippen LogP contribution in [0.5, 0.6) is 5.75 Å². The molecule has 0 saturated heterocycles. The molecule has 1 aromatic carbocycles. The predicted molar refractivity (Wildman–Crippen MR) is 62.0 cm³/mol. The van der Waals surface area contributed by atoms with Gasteiger partial charge in [0.15, 0.2) is 11.6 Å². The lowest BCUT2D eigenvalue weighted by molar-refractivity contribution is 0.141. The van der Waals surface area contributed by atoms with Gasteiger partial charge >= 0.3 is 0 Å². The minimum absolute atomic E-state index is 0.181. The number of aliphatic hydroxyl groups excluding tert-OH is 1. The molecule has 0 bridgehead atoms. The summed E-state index contributed by atoms with van der Waals surface area (Å²) >= 11 is 0. The summed E-state index contributed by atoms with van der Waals surface area (Å²) in [6.07, 6.45) is 0.786. The Balaban J connectivity index is 2.86. The Bertz CT molecular complexity index is 339. The Morgan fingerprint density at radius 3 is 2.69 bits per heavy atom. The van der Waals surface area contributed by atoms with Crippen molar-refractivity contribution in [2.75, 3.05) is 7.11 Å². The Hall–Kier alpha value is -1.09. The molecule has 3 heteroatoms. The number of methoxy groups -OCH3 is 1. The van der Waals surface area contributed by atoms with Crippen molar-refractivity contribution in [3.05, 3.63) is 29.6 Å². The van der Waals surface area contributed by atoms with E-state index >= 15 is 0 Å². The van der Waals surface area contributed by atoms with E-state index in [4.69, 9.17) is 4.74 Å². The summed E-state index contributed by atoms with van der Waals surface area (Å²) in [6.45, 7) is 4.10. The third-order valence-electron chi connectivity index (χ3n) is 2.89.